The molecule has 1 fully saturated rings. The van der Waals surface area contributed by atoms with Gasteiger partial charge in [-0.2, -0.15) is 0 Å². The molecule has 1 aliphatic rings. The quantitative estimate of drug-likeness (QED) is 0.752. The van der Waals surface area contributed by atoms with E-state index in [-0.39, 0.29) is 0 Å². The maximum Gasteiger partial charge on any atom is 0.225 e. The first-order valence-electron chi connectivity index (χ1n) is 4.81. The maximum atomic E-state index is 6.16. The topological polar surface area (TPSA) is 29.0 Å². The number of anilines is 1. The Hall–Kier alpha value is -0.830. The van der Waals surface area contributed by atoms with Gasteiger partial charge in [0.2, 0.25) is 5.95 Å². The summed E-state index contributed by atoms with van der Waals surface area (Å²) >= 11 is 6.16. The number of rotatable bonds is 2. The van der Waals surface area contributed by atoms with E-state index < -0.39 is 0 Å². The van der Waals surface area contributed by atoms with Crippen molar-refractivity contribution in [2.24, 2.45) is 0 Å². The zero-order valence-corrected chi connectivity index (χ0v) is 9.47. The smallest absolute Gasteiger partial charge is 0.225 e. The number of hydrogen-bond acceptors (Lipinski definition) is 3. The molecule has 76 valence electrons. The molecule has 2 rings (SSSR count). The summed E-state index contributed by atoms with van der Waals surface area (Å²) in [4.78, 5) is 10.7. The Morgan fingerprint density at radius 2 is 1.93 bits per heavy atom. The van der Waals surface area contributed by atoms with Gasteiger partial charge in [-0.15, -0.1) is 0 Å². The summed E-state index contributed by atoms with van der Waals surface area (Å²) in [6.07, 6.45) is 2.42. The molecule has 1 saturated carbocycles. The molecule has 0 saturated heterocycles. The predicted molar refractivity (Wildman–Crippen MR) is 58.1 cm³/mol. The van der Waals surface area contributed by atoms with Gasteiger partial charge in [0.1, 0.15) is 0 Å². The average molecular weight is 212 g/mol. The standard InChI is InChI=1S/C10H14ClN3/c1-6-8(11)9(7-4-5-7)13-10(12-6)14(2)3/h7H,4-5H2,1-3H3. The molecule has 0 amide bonds. The molecule has 1 aromatic heterocycles. The fourth-order valence-corrected chi connectivity index (χ4v) is 1.63. The van der Waals surface area contributed by atoms with E-state index in [0.29, 0.717) is 5.92 Å². The summed E-state index contributed by atoms with van der Waals surface area (Å²) < 4.78 is 0. The molecule has 0 aliphatic heterocycles. The van der Waals surface area contributed by atoms with Crippen LogP contribution in [0.5, 0.6) is 0 Å². The third kappa shape index (κ3) is 1.69. The van der Waals surface area contributed by atoms with Crippen LogP contribution >= 0.6 is 11.6 Å². The number of nitrogens with zero attached hydrogens (tertiary/aromatic N) is 3. The molecular formula is C10H14ClN3. The Bertz CT molecular complexity index is 359. The number of aromatic nitrogens is 2. The maximum absolute atomic E-state index is 6.16. The van der Waals surface area contributed by atoms with Crippen molar-refractivity contribution in [3.8, 4) is 0 Å². The zero-order valence-electron chi connectivity index (χ0n) is 8.71. The SMILES string of the molecule is Cc1nc(N(C)C)nc(C2CC2)c1Cl. The van der Waals surface area contributed by atoms with Gasteiger partial charge in [0.25, 0.3) is 0 Å². The summed E-state index contributed by atoms with van der Waals surface area (Å²) in [5, 5.41) is 0.748. The molecule has 0 unspecified atom stereocenters. The van der Waals surface area contributed by atoms with Crippen molar-refractivity contribution in [1.82, 2.24) is 9.97 Å². The largest absolute Gasteiger partial charge is 0.347 e. The van der Waals surface area contributed by atoms with Crippen LogP contribution in [-0.4, -0.2) is 24.1 Å². The average Bonchev–Trinajstić information content (AvgIpc) is 2.92. The molecule has 0 bridgehead atoms. The van der Waals surface area contributed by atoms with Crippen molar-refractivity contribution < 1.29 is 0 Å². The third-order valence-corrected chi connectivity index (χ3v) is 2.86. The Balaban J connectivity index is 2.46. The first-order chi connectivity index (χ1) is 6.59. The monoisotopic (exact) mass is 211 g/mol. The zero-order chi connectivity index (χ0) is 10.3. The Morgan fingerprint density at radius 3 is 2.43 bits per heavy atom. The van der Waals surface area contributed by atoms with Gasteiger partial charge in [-0.05, 0) is 19.8 Å². The van der Waals surface area contributed by atoms with Crippen molar-refractivity contribution in [2.45, 2.75) is 25.7 Å². The summed E-state index contributed by atoms with van der Waals surface area (Å²) in [6, 6.07) is 0. The summed E-state index contributed by atoms with van der Waals surface area (Å²) in [6.45, 7) is 1.93. The van der Waals surface area contributed by atoms with Crippen LogP contribution in [0.15, 0.2) is 0 Å². The number of aryl methyl sites for hydroxylation is 1. The Labute approximate surface area is 89.1 Å². The van der Waals surface area contributed by atoms with E-state index in [9.17, 15) is 0 Å². The van der Waals surface area contributed by atoms with Crippen LogP contribution in [0.3, 0.4) is 0 Å². The molecule has 14 heavy (non-hydrogen) atoms. The minimum absolute atomic E-state index is 0.572. The molecule has 4 heteroatoms. The second-order valence-electron chi connectivity index (χ2n) is 3.98. The summed E-state index contributed by atoms with van der Waals surface area (Å²) in [7, 11) is 3.89. The molecule has 0 radical (unpaired) electrons. The van der Waals surface area contributed by atoms with Crippen LogP contribution in [-0.2, 0) is 0 Å². The second kappa shape index (κ2) is 3.39. The highest BCUT2D eigenvalue weighted by Crippen LogP contribution is 2.43. The first kappa shape index (κ1) is 9.71. The fraction of sp³-hybridized carbons (Fsp3) is 0.600. The van der Waals surface area contributed by atoms with Gasteiger partial charge in [-0.3, -0.25) is 0 Å². The van der Waals surface area contributed by atoms with Crippen molar-refractivity contribution in [3.63, 3.8) is 0 Å². The highest BCUT2D eigenvalue weighted by Gasteiger charge is 2.29. The molecular weight excluding hydrogens is 198 g/mol. The van der Waals surface area contributed by atoms with E-state index in [1.54, 1.807) is 0 Å². The second-order valence-corrected chi connectivity index (χ2v) is 4.35. The fourth-order valence-electron chi connectivity index (χ4n) is 1.39. The minimum atomic E-state index is 0.572. The summed E-state index contributed by atoms with van der Waals surface area (Å²) in [5.41, 5.74) is 1.91. The van der Waals surface area contributed by atoms with E-state index in [1.165, 1.54) is 12.8 Å². The van der Waals surface area contributed by atoms with E-state index >= 15 is 0 Å². The molecule has 1 heterocycles. The predicted octanol–water partition coefficient (Wildman–Crippen LogP) is 2.38. The van der Waals surface area contributed by atoms with E-state index in [0.717, 1.165) is 22.4 Å². The van der Waals surface area contributed by atoms with Crippen molar-refractivity contribution >= 4 is 17.5 Å². The number of halogens is 1. The highest BCUT2D eigenvalue weighted by atomic mass is 35.5. The van der Waals surface area contributed by atoms with E-state index in [1.807, 2.05) is 25.9 Å². The van der Waals surface area contributed by atoms with Gasteiger partial charge >= 0.3 is 0 Å². The molecule has 1 aliphatic carbocycles. The lowest BCUT2D eigenvalue weighted by molar-refractivity contribution is 0.916. The van der Waals surface area contributed by atoms with Gasteiger partial charge in [0, 0.05) is 20.0 Å². The molecule has 0 atom stereocenters. The lowest BCUT2D eigenvalue weighted by Gasteiger charge is -2.13. The lowest BCUT2D eigenvalue weighted by atomic mass is 10.2. The minimum Gasteiger partial charge on any atom is -0.347 e. The normalized spacial score (nSPS) is 15.7. The molecule has 0 aromatic carbocycles. The Kier molecular flexibility index (Phi) is 2.35. The first-order valence-corrected chi connectivity index (χ1v) is 5.18. The van der Waals surface area contributed by atoms with Crippen LogP contribution in [0.2, 0.25) is 5.02 Å². The lowest BCUT2D eigenvalue weighted by Crippen LogP contribution is -2.14. The van der Waals surface area contributed by atoms with Gasteiger partial charge in [-0.25, -0.2) is 9.97 Å². The number of hydrogen-bond donors (Lipinski definition) is 0. The summed E-state index contributed by atoms with van der Waals surface area (Å²) in [5.74, 6) is 1.33. The molecule has 0 spiro atoms. The van der Waals surface area contributed by atoms with Crippen molar-refractivity contribution in [2.75, 3.05) is 19.0 Å². The van der Waals surface area contributed by atoms with Gasteiger partial charge in [-0.1, -0.05) is 11.6 Å². The van der Waals surface area contributed by atoms with Gasteiger partial charge < -0.3 is 4.90 Å². The molecule has 3 nitrogen and oxygen atoms in total. The van der Waals surface area contributed by atoms with Crippen LogP contribution in [0.25, 0.3) is 0 Å². The Morgan fingerprint density at radius 1 is 1.29 bits per heavy atom. The van der Waals surface area contributed by atoms with Crippen molar-refractivity contribution in [1.29, 1.82) is 0 Å². The molecule has 1 aromatic rings. The highest BCUT2D eigenvalue weighted by molar-refractivity contribution is 6.31. The van der Waals surface area contributed by atoms with Gasteiger partial charge in [0.15, 0.2) is 0 Å². The van der Waals surface area contributed by atoms with Crippen LogP contribution < -0.4 is 4.90 Å². The van der Waals surface area contributed by atoms with Crippen LogP contribution in [0, 0.1) is 6.92 Å². The van der Waals surface area contributed by atoms with E-state index in [2.05, 4.69) is 9.97 Å². The van der Waals surface area contributed by atoms with Crippen molar-refractivity contribution in [3.05, 3.63) is 16.4 Å². The van der Waals surface area contributed by atoms with E-state index in [4.69, 9.17) is 11.6 Å². The molecule has 0 N–H and O–H groups in total. The third-order valence-electron chi connectivity index (χ3n) is 2.39. The van der Waals surface area contributed by atoms with Gasteiger partial charge in [0.05, 0.1) is 16.4 Å². The van der Waals surface area contributed by atoms with Crippen LogP contribution in [0.1, 0.15) is 30.1 Å². The van der Waals surface area contributed by atoms with Crippen LogP contribution in [0.4, 0.5) is 5.95 Å².